The molecule has 2 aromatic carbocycles. The Balaban J connectivity index is 1.63. The quantitative estimate of drug-likeness (QED) is 0.631. The number of hydrogen-bond acceptors (Lipinski definition) is 4. The number of piperidine rings is 1. The Bertz CT molecular complexity index is 1080. The summed E-state index contributed by atoms with van der Waals surface area (Å²) in [4.78, 5) is 12.5. The third kappa shape index (κ3) is 5.54. The van der Waals surface area contributed by atoms with Gasteiger partial charge >= 0.3 is 6.18 Å². The van der Waals surface area contributed by atoms with Crippen LogP contribution in [0.4, 0.5) is 18.9 Å². The van der Waals surface area contributed by atoms with Crippen LogP contribution in [0.15, 0.2) is 47.4 Å². The van der Waals surface area contributed by atoms with Crippen LogP contribution in [0.1, 0.15) is 25.3 Å². The lowest BCUT2D eigenvalue weighted by molar-refractivity contribution is -0.137. The van der Waals surface area contributed by atoms with Gasteiger partial charge in [-0.05, 0) is 56.2 Å². The van der Waals surface area contributed by atoms with Crippen molar-refractivity contribution < 1.29 is 31.1 Å². The number of carbonyl (C=O) groups excluding carboxylic acids is 1. The van der Waals surface area contributed by atoms with Gasteiger partial charge < -0.3 is 10.1 Å². The topological polar surface area (TPSA) is 75.7 Å². The molecule has 0 bridgehead atoms. The minimum Gasteiger partial charge on any atom is -0.492 e. The number of nitrogens with one attached hydrogen (secondary N) is 1. The Kier molecular flexibility index (Phi) is 7.36. The lowest BCUT2D eigenvalue weighted by Crippen LogP contribution is -2.41. The van der Waals surface area contributed by atoms with E-state index in [1.807, 2.05) is 0 Å². The molecular formula is C21H22ClF3N2O4S. The molecule has 32 heavy (non-hydrogen) atoms. The number of amides is 1. The summed E-state index contributed by atoms with van der Waals surface area (Å²) in [5.74, 6) is -0.566. The normalized spacial score (nSPS) is 16.0. The van der Waals surface area contributed by atoms with Crippen molar-refractivity contribution >= 4 is 33.2 Å². The smallest absolute Gasteiger partial charge is 0.416 e. The number of sulfonamides is 1. The molecule has 0 aliphatic carbocycles. The molecule has 1 heterocycles. The maximum Gasteiger partial charge on any atom is 0.416 e. The van der Waals surface area contributed by atoms with Crippen molar-refractivity contribution in [3.8, 4) is 5.75 Å². The third-order valence-corrected chi connectivity index (χ3v) is 7.31. The van der Waals surface area contributed by atoms with Crippen molar-refractivity contribution in [1.82, 2.24) is 4.31 Å². The van der Waals surface area contributed by atoms with Crippen molar-refractivity contribution in [1.29, 1.82) is 0 Å². The Morgan fingerprint density at radius 2 is 1.88 bits per heavy atom. The van der Waals surface area contributed by atoms with Crippen LogP contribution in [0, 0.1) is 5.92 Å². The highest BCUT2D eigenvalue weighted by atomic mass is 35.5. The van der Waals surface area contributed by atoms with E-state index in [-0.39, 0.29) is 41.5 Å². The van der Waals surface area contributed by atoms with Gasteiger partial charge in [0.2, 0.25) is 15.9 Å². The summed E-state index contributed by atoms with van der Waals surface area (Å²) < 4.78 is 71.0. The fourth-order valence-corrected chi connectivity index (χ4v) is 5.24. The molecule has 0 saturated carbocycles. The predicted octanol–water partition coefficient (Wildman–Crippen LogP) is 4.80. The first-order chi connectivity index (χ1) is 15.0. The predicted molar refractivity (Wildman–Crippen MR) is 114 cm³/mol. The molecule has 0 spiro atoms. The van der Waals surface area contributed by atoms with E-state index < -0.39 is 33.6 Å². The largest absolute Gasteiger partial charge is 0.492 e. The minimum absolute atomic E-state index is 0.0258. The van der Waals surface area contributed by atoms with Crippen molar-refractivity contribution in [2.24, 2.45) is 5.92 Å². The molecule has 1 saturated heterocycles. The van der Waals surface area contributed by atoms with Gasteiger partial charge in [0.1, 0.15) is 5.75 Å². The van der Waals surface area contributed by atoms with Crippen molar-refractivity contribution in [3.63, 3.8) is 0 Å². The van der Waals surface area contributed by atoms with Gasteiger partial charge in [-0.1, -0.05) is 17.7 Å². The number of benzene rings is 2. The third-order valence-electron chi connectivity index (χ3n) is 5.12. The summed E-state index contributed by atoms with van der Waals surface area (Å²) >= 11 is 6.10. The van der Waals surface area contributed by atoms with Crippen LogP contribution in [-0.2, 0) is 21.0 Å². The van der Waals surface area contributed by atoms with E-state index in [0.717, 1.165) is 12.1 Å². The molecule has 2 aromatic rings. The second-order valence-electron chi connectivity index (χ2n) is 7.27. The first-order valence-corrected chi connectivity index (χ1v) is 11.7. The van der Waals surface area contributed by atoms with E-state index in [1.54, 1.807) is 6.92 Å². The lowest BCUT2D eigenvalue weighted by Gasteiger charge is -2.30. The molecule has 6 nitrogen and oxygen atoms in total. The number of rotatable bonds is 6. The average Bonchev–Trinajstić information content (AvgIpc) is 2.75. The number of halogens is 4. The van der Waals surface area contributed by atoms with Crippen molar-refractivity contribution in [2.75, 3.05) is 25.0 Å². The molecule has 3 rings (SSSR count). The first kappa shape index (κ1) is 24.3. The van der Waals surface area contributed by atoms with Crippen LogP contribution in [-0.4, -0.2) is 38.3 Å². The lowest BCUT2D eigenvalue weighted by atomic mass is 9.97. The van der Waals surface area contributed by atoms with E-state index in [9.17, 15) is 26.4 Å². The van der Waals surface area contributed by atoms with E-state index in [4.69, 9.17) is 16.3 Å². The zero-order valence-electron chi connectivity index (χ0n) is 17.2. The van der Waals surface area contributed by atoms with Gasteiger partial charge in [-0.15, -0.1) is 0 Å². The summed E-state index contributed by atoms with van der Waals surface area (Å²) in [5, 5.41) is 2.68. The molecule has 1 aliphatic heterocycles. The molecule has 1 amide bonds. The fraction of sp³-hybridized carbons (Fsp3) is 0.381. The van der Waals surface area contributed by atoms with Gasteiger partial charge in [0.15, 0.2) is 0 Å². The van der Waals surface area contributed by atoms with E-state index in [2.05, 4.69) is 5.32 Å². The van der Waals surface area contributed by atoms with Crippen LogP contribution >= 0.6 is 11.6 Å². The van der Waals surface area contributed by atoms with Crippen LogP contribution in [0.2, 0.25) is 5.02 Å². The number of anilines is 1. The fourth-order valence-electron chi connectivity index (χ4n) is 3.44. The maximum absolute atomic E-state index is 12.9. The summed E-state index contributed by atoms with van der Waals surface area (Å²) in [7, 11) is -3.81. The summed E-state index contributed by atoms with van der Waals surface area (Å²) in [6.07, 6.45) is -4.02. The SMILES string of the molecule is CCOc1ccc(S(=O)(=O)N2CCC(C(=O)Nc3cccc(C(F)(F)F)c3)CC2)cc1Cl. The van der Waals surface area contributed by atoms with Gasteiger partial charge in [0, 0.05) is 24.7 Å². The molecule has 0 unspecified atom stereocenters. The summed E-state index contributed by atoms with van der Waals surface area (Å²) in [5.41, 5.74) is -0.811. The van der Waals surface area contributed by atoms with E-state index in [1.165, 1.54) is 34.6 Å². The number of alkyl halides is 3. The molecule has 174 valence electrons. The standard InChI is InChI=1S/C21H22ClF3N2O4S/c1-2-31-19-7-6-17(13-18(19)22)32(29,30)27-10-8-14(9-11-27)20(28)26-16-5-3-4-15(12-16)21(23,24)25/h3-7,12-14H,2,8-11H2,1H3,(H,26,28). The van der Waals surface area contributed by atoms with Crippen molar-refractivity contribution in [2.45, 2.75) is 30.8 Å². The highest BCUT2D eigenvalue weighted by molar-refractivity contribution is 7.89. The number of ether oxygens (including phenoxy) is 1. The average molecular weight is 491 g/mol. The van der Waals surface area contributed by atoms with Crippen LogP contribution < -0.4 is 10.1 Å². The van der Waals surface area contributed by atoms with Crippen LogP contribution in [0.3, 0.4) is 0 Å². The molecule has 0 atom stereocenters. The zero-order chi connectivity index (χ0) is 23.5. The van der Waals surface area contributed by atoms with Gasteiger partial charge in [0.05, 0.1) is 22.1 Å². The molecule has 0 aromatic heterocycles. The Morgan fingerprint density at radius 1 is 1.19 bits per heavy atom. The monoisotopic (exact) mass is 490 g/mol. The highest BCUT2D eigenvalue weighted by Crippen LogP contribution is 2.32. The Morgan fingerprint density at radius 3 is 2.47 bits per heavy atom. The Labute approximate surface area is 189 Å². The van der Waals surface area contributed by atoms with Crippen LogP contribution in [0.5, 0.6) is 5.75 Å². The number of hydrogen-bond donors (Lipinski definition) is 1. The molecule has 1 N–H and O–H groups in total. The number of nitrogens with zero attached hydrogens (tertiary/aromatic N) is 1. The van der Waals surface area contributed by atoms with E-state index >= 15 is 0 Å². The zero-order valence-corrected chi connectivity index (χ0v) is 18.7. The highest BCUT2D eigenvalue weighted by Gasteiger charge is 2.33. The van der Waals surface area contributed by atoms with Gasteiger partial charge in [-0.3, -0.25) is 4.79 Å². The number of carbonyl (C=O) groups is 1. The molecule has 1 fully saturated rings. The second-order valence-corrected chi connectivity index (χ2v) is 9.62. The summed E-state index contributed by atoms with van der Waals surface area (Å²) in [6.45, 7) is 2.39. The molecule has 1 aliphatic rings. The minimum atomic E-state index is -4.51. The van der Waals surface area contributed by atoms with Gasteiger partial charge in [-0.25, -0.2) is 8.42 Å². The second kappa shape index (κ2) is 9.68. The van der Waals surface area contributed by atoms with Crippen LogP contribution in [0.25, 0.3) is 0 Å². The van der Waals surface area contributed by atoms with Crippen molar-refractivity contribution in [3.05, 3.63) is 53.1 Å². The van der Waals surface area contributed by atoms with Gasteiger partial charge in [-0.2, -0.15) is 17.5 Å². The maximum atomic E-state index is 12.9. The van der Waals surface area contributed by atoms with E-state index in [0.29, 0.717) is 12.4 Å². The first-order valence-electron chi connectivity index (χ1n) is 9.93. The summed E-state index contributed by atoms with van der Waals surface area (Å²) in [6, 6.07) is 8.62. The molecule has 0 radical (unpaired) electrons. The molecule has 11 heteroatoms. The molecular weight excluding hydrogens is 469 g/mol. The Hall–Kier alpha value is -2.30. The van der Waals surface area contributed by atoms with Gasteiger partial charge in [0.25, 0.3) is 0 Å².